The number of nitrogens with zero attached hydrogens (tertiary/aromatic N) is 2. The number of carboxylic acid groups (broad SMARTS) is 1. The van der Waals surface area contributed by atoms with Crippen LogP contribution in [0.4, 0.5) is 18.9 Å². The Hall–Kier alpha value is -2.47. The van der Waals surface area contributed by atoms with Gasteiger partial charge in [-0.15, -0.1) is 11.3 Å². The Kier molecular flexibility index (Phi) is 7.31. The molecule has 2 aromatic rings. The number of thiazole rings is 1. The summed E-state index contributed by atoms with van der Waals surface area (Å²) in [7, 11) is 1.30. The van der Waals surface area contributed by atoms with E-state index in [1.807, 2.05) is 0 Å². The number of likely N-dealkylation sites (tertiary alicyclic amines) is 1. The molecule has 1 aliphatic heterocycles. The van der Waals surface area contributed by atoms with Crippen molar-refractivity contribution in [2.75, 3.05) is 31.3 Å². The van der Waals surface area contributed by atoms with E-state index in [4.69, 9.17) is 9.84 Å². The minimum absolute atomic E-state index is 0.0108. The van der Waals surface area contributed by atoms with Gasteiger partial charge in [0, 0.05) is 48.4 Å². The smallest absolute Gasteiger partial charge is 0.416 e. The summed E-state index contributed by atoms with van der Waals surface area (Å²) in [6, 6.07) is 3.28. The van der Waals surface area contributed by atoms with Crippen molar-refractivity contribution in [3.8, 4) is 5.75 Å². The first-order valence-corrected chi connectivity index (χ1v) is 11.1. The highest BCUT2D eigenvalue weighted by Crippen LogP contribution is 2.34. The molecule has 31 heavy (non-hydrogen) atoms. The minimum atomic E-state index is -4.49. The molecule has 1 aromatic carbocycles. The maximum atomic E-state index is 13.1. The number of halogens is 3. The highest BCUT2D eigenvalue weighted by molar-refractivity contribution is 8.01. The second kappa shape index (κ2) is 9.77. The van der Waals surface area contributed by atoms with E-state index in [0.717, 1.165) is 12.1 Å². The van der Waals surface area contributed by atoms with Crippen LogP contribution in [0.3, 0.4) is 0 Å². The number of rotatable bonds is 9. The maximum Gasteiger partial charge on any atom is 0.416 e. The van der Waals surface area contributed by atoms with E-state index >= 15 is 0 Å². The first-order chi connectivity index (χ1) is 14.7. The van der Waals surface area contributed by atoms with Gasteiger partial charge < -0.3 is 20.1 Å². The van der Waals surface area contributed by atoms with Gasteiger partial charge in [-0.2, -0.15) is 13.2 Å². The number of aromatic carboxylic acids is 1. The van der Waals surface area contributed by atoms with Gasteiger partial charge in [0.05, 0.1) is 12.7 Å². The van der Waals surface area contributed by atoms with Crippen molar-refractivity contribution < 1.29 is 32.6 Å². The average molecular weight is 476 g/mol. The Morgan fingerprint density at radius 2 is 2.19 bits per heavy atom. The molecular weight excluding hydrogens is 455 g/mol. The lowest BCUT2D eigenvalue weighted by molar-refractivity contribution is -0.137. The van der Waals surface area contributed by atoms with Crippen molar-refractivity contribution >= 4 is 40.7 Å². The summed E-state index contributed by atoms with van der Waals surface area (Å²) in [6.07, 6.45) is -3.51. The second-order valence-electron chi connectivity index (χ2n) is 6.76. The fourth-order valence-corrected chi connectivity index (χ4v) is 4.99. The van der Waals surface area contributed by atoms with E-state index in [-0.39, 0.29) is 29.1 Å². The van der Waals surface area contributed by atoms with Crippen molar-refractivity contribution in [2.45, 2.75) is 29.4 Å². The molecule has 0 saturated carbocycles. The number of thioether (sulfide) groups is 1. The monoisotopic (exact) mass is 475 g/mol. The fourth-order valence-electron chi connectivity index (χ4n) is 3.18. The molecule has 7 nitrogen and oxygen atoms in total. The lowest BCUT2D eigenvalue weighted by atomic mass is 10.1. The van der Waals surface area contributed by atoms with Crippen molar-refractivity contribution in [1.82, 2.24) is 9.88 Å². The molecule has 1 fully saturated rings. The third-order valence-electron chi connectivity index (χ3n) is 4.72. The van der Waals surface area contributed by atoms with E-state index in [9.17, 15) is 22.8 Å². The summed E-state index contributed by atoms with van der Waals surface area (Å²) in [5.41, 5.74) is -0.554. The number of methoxy groups -OCH3 is 1. The number of ether oxygens (including phenoxy) is 1. The normalized spacial score (nSPS) is 16.6. The van der Waals surface area contributed by atoms with E-state index in [2.05, 4.69) is 10.3 Å². The molecule has 3 rings (SSSR count). The molecule has 1 amide bonds. The first kappa shape index (κ1) is 23.2. The number of aromatic nitrogens is 1. The number of carboxylic acids is 1. The number of benzene rings is 1. The van der Waals surface area contributed by atoms with Crippen molar-refractivity contribution in [3.05, 3.63) is 34.8 Å². The van der Waals surface area contributed by atoms with Gasteiger partial charge in [-0.3, -0.25) is 4.79 Å². The topological polar surface area (TPSA) is 91.8 Å². The molecular formula is C19H20F3N3O4S2. The first-order valence-electron chi connectivity index (χ1n) is 9.28. The van der Waals surface area contributed by atoms with Gasteiger partial charge in [0.25, 0.3) is 0 Å². The predicted molar refractivity (Wildman–Crippen MR) is 111 cm³/mol. The zero-order valence-corrected chi connectivity index (χ0v) is 18.1. The molecule has 168 valence electrons. The predicted octanol–water partition coefficient (Wildman–Crippen LogP) is 4.06. The van der Waals surface area contributed by atoms with Crippen molar-refractivity contribution in [3.63, 3.8) is 0 Å². The summed E-state index contributed by atoms with van der Waals surface area (Å²) in [4.78, 5) is 28.8. The van der Waals surface area contributed by atoms with Gasteiger partial charge in [-0.05, 0) is 18.6 Å². The van der Waals surface area contributed by atoms with Crippen LogP contribution in [0.1, 0.15) is 28.9 Å². The van der Waals surface area contributed by atoms with Crippen molar-refractivity contribution in [1.29, 1.82) is 0 Å². The number of anilines is 1. The van der Waals surface area contributed by atoms with E-state index in [0.29, 0.717) is 36.0 Å². The molecule has 1 atom stereocenters. The van der Waals surface area contributed by atoms with Crippen LogP contribution in [0, 0.1) is 0 Å². The Morgan fingerprint density at radius 3 is 2.84 bits per heavy atom. The molecule has 0 aliphatic carbocycles. The van der Waals surface area contributed by atoms with Crippen LogP contribution in [0.25, 0.3) is 0 Å². The molecule has 1 aromatic heterocycles. The van der Waals surface area contributed by atoms with E-state index < -0.39 is 17.7 Å². The zero-order valence-electron chi connectivity index (χ0n) is 16.4. The number of hydrogen-bond acceptors (Lipinski definition) is 7. The Morgan fingerprint density at radius 1 is 1.42 bits per heavy atom. The third-order valence-corrected chi connectivity index (χ3v) is 6.73. The Balaban J connectivity index is 1.58. The molecule has 0 spiro atoms. The molecule has 1 aliphatic rings. The summed E-state index contributed by atoms with van der Waals surface area (Å²) < 4.78 is 44.8. The van der Waals surface area contributed by atoms with E-state index in [1.54, 1.807) is 4.90 Å². The third kappa shape index (κ3) is 6.03. The largest absolute Gasteiger partial charge is 0.497 e. The van der Waals surface area contributed by atoms with Gasteiger partial charge in [0.1, 0.15) is 5.75 Å². The van der Waals surface area contributed by atoms with Crippen LogP contribution < -0.4 is 10.1 Å². The number of nitrogens with one attached hydrogen (secondary N) is 1. The average Bonchev–Trinajstić information content (AvgIpc) is 3.33. The van der Waals surface area contributed by atoms with Gasteiger partial charge >= 0.3 is 12.1 Å². The summed E-state index contributed by atoms with van der Waals surface area (Å²) in [5, 5.41) is 13.4. The van der Waals surface area contributed by atoms with Crippen molar-refractivity contribution in [2.24, 2.45) is 0 Å². The Bertz CT molecular complexity index is 952. The van der Waals surface area contributed by atoms with Crippen LogP contribution in [-0.2, 0) is 11.0 Å². The fraction of sp³-hybridized carbons (Fsp3) is 0.421. The molecule has 2 heterocycles. The van der Waals surface area contributed by atoms with Crippen LogP contribution in [0.2, 0.25) is 0 Å². The minimum Gasteiger partial charge on any atom is -0.497 e. The molecule has 1 unspecified atom stereocenters. The molecule has 0 bridgehead atoms. The number of amides is 1. The standard InChI is InChI=1S/C19H20F3N3O4S2/c1-29-14-7-11(19(20,21)22)6-12(8-14)23-9-13-2-3-16(26)25(13)4-5-30-18-24-15(10-31-18)17(27)28/h6-8,10,13,23H,2-5,9H2,1H3,(H,27,28). The Labute approximate surface area is 184 Å². The van der Waals surface area contributed by atoms with Crippen LogP contribution in [0.15, 0.2) is 27.9 Å². The second-order valence-corrected chi connectivity index (χ2v) is 8.96. The maximum absolute atomic E-state index is 13.1. The van der Waals surface area contributed by atoms with Crippen LogP contribution in [-0.4, -0.2) is 58.9 Å². The molecule has 0 radical (unpaired) electrons. The van der Waals surface area contributed by atoms with E-state index in [1.165, 1.54) is 41.7 Å². The number of carbonyl (C=O) groups is 2. The molecule has 1 saturated heterocycles. The highest BCUT2D eigenvalue weighted by Gasteiger charge is 2.33. The zero-order chi connectivity index (χ0) is 22.6. The number of carbonyl (C=O) groups excluding carboxylic acids is 1. The van der Waals surface area contributed by atoms with Crippen LogP contribution >= 0.6 is 23.1 Å². The quantitative estimate of drug-likeness (QED) is 0.529. The van der Waals surface area contributed by atoms with Gasteiger partial charge in [-0.1, -0.05) is 11.8 Å². The molecule has 12 heteroatoms. The number of hydrogen-bond donors (Lipinski definition) is 2. The van der Waals surface area contributed by atoms with Crippen LogP contribution in [0.5, 0.6) is 5.75 Å². The van der Waals surface area contributed by atoms with Gasteiger partial charge in [0.15, 0.2) is 10.0 Å². The summed E-state index contributed by atoms with van der Waals surface area (Å²) in [5.74, 6) is -0.474. The summed E-state index contributed by atoms with van der Waals surface area (Å²) >= 11 is 2.59. The lowest BCUT2D eigenvalue weighted by Crippen LogP contribution is -2.39. The molecule has 2 N–H and O–H groups in total. The lowest BCUT2D eigenvalue weighted by Gasteiger charge is -2.25. The van der Waals surface area contributed by atoms with Gasteiger partial charge in [-0.25, -0.2) is 9.78 Å². The summed E-state index contributed by atoms with van der Waals surface area (Å²) in [6.45, 7) is 0.741. The van der Waals surface area contributed by atoms with Gasteiger partial charge in [0.2, 0.25) is 5.91 Å². The highest BCUT2D eigenvalue weighted by atomic mass is 32.2. The number of alkyl halides is 3. The SMILES string of the molecule is COc1cc(NCC2CCC(=O)N2CCSc2nc(C(=O)O)cs2)cc(C(F)(F)F)c1.